The highest BCUT2D eigenvalue weighted by Gasteiger charge is 2.28. The van der Waals surface area contributed by atoms with Crippen molar-refractivity contribution in [2.24, 2.45) is 0 Å². The maximum atomic E-state index is 12.6. The van der Waals surface area contributed by atoms with E-state index in [-0.39, 0.29) is 5.78 Å². The molecule has 25 heavy (non-hydrogen) atoms. The molecule has 1 heterocycles. The summed E-state index contributed by atoms with van der Waals surface area (Å²) in [7, 11) is 1.58. The normalized spacial score (nSPS) is 14.2. The molecule has 4 nitrogen and oxygen atoms in total. The summed E-state index contributed by atoms with van der Waals surface area (Å²) in [4.78, 5) is 12.6. The van der Waals surface area contributed by atoms with E-state index in [2.05, 4.69) is 6.58 Å². The molecular weight excluding hydrogens is 316 g/mol. The number of ketones is 1. The lowest BCUT2D eigenvalue weighted by Gasteiger charge is -2.10. The second kappa shape index (κ2) is 6.85. The number of hydrogen-bond donors (Lipinski definition) is 0. The minimum absolute atomic E-state index is 0.107. The average Bonchev–Trinajstić information content (AvgIpc) is 2.89. The van der Waals surface area contributed by atoms with E-state index >= 15 is 0 Å². The molecule has 4 heteroatoms. The second-order valence-electron chi connectivity index (χ2n) is 5.88. The average molecular weight is 336 g/mol. The van der Waals surface area contributed by atoms with Gasteiger partial charge >= 0.3 is 0 Å². The van der Waals surface area contributed by atoms with E-state index in [4.69, 9.17) is 14.2 Å². The predicted octanol–water partition coefficient (Wildman–Crippen LogP) is 4.49. The molecule has 3 rings (SSSR count). The standard InChI is InChI=1S/C21H20O4/c1-5-8-24-17-7-6-15(11-19(17)23-4)12-20-21(22)16-9-13(2)14(3)10-18(16)25-20/h5-7,9-12H,1,8H2,2-4H3/b20-12-. The first kappa shape index (κ1) is 16.8. The summed E-state index contributed by atoms with van der Waals surface area (Å²) in [6.45, 7) is 8.01. The molecule has 0 amide bonds. The van der Waals surface area contributed by atoms with Crippen molar-refractivity contribution in [1.82, 2.24) is 0 Å². The summed E-state index contributed by atoms with van der Waals surface area (Å²) < 4.78 is 16.6. The van der Waals surface area contributed by atoms with Crippen LogP contribution in [0.25, 0.3) is 6.08 Å². The van der Waals surface area contributed by atoms with Crippen molar-refractivity contribution in [2.45, 2.75) is 13.8 Å². The Morgan fingerprint density at radius 2 is 1.88 bits per heavy atom. The molecule has 0 unspecified atom stereocenters. The lowest BCUT2D eigenvalue weighted by molar-refractivity contribution is 0.101. The van der Waals surface area contributed by atoms with Crippen molar-refractivity contribution in [3.8, 4) is 17.2 Å². The summed E-state index contributed by atoms with van der Waals surface area (Å²) in [5.41, 5.74) is 3.57. The molecule has 2 aromatic carbocycles. The van der Waals surface area contributed by atoms with Crippen LogP contribution in [-0.2, 0) is 0 Å². The molecule has 0 bridgehead atoms. The highest BCUT2D eigenvalue weighted by molar-refractivity contribution is 6.14. The van der Waals surface area contributed by atoms with Crippen LogP contribution in [0, 0.1) is 13.8 Å². The lowest BCUT2D eigenvalue weighted by Crippen LogP contribution is -1.99. The molecule has 2 aromatic rings. The third-order valence-electron chi connectivity index (χ3n) is 4.13. The minimum atomic E-state index is -0.107. The number of rotatable bonds is 5. The maximum absolute atomic E-state index is 12.6. The molecular formula is C21H20O4. The third kappa shape index (κ3) is 3.29. The molecule has 1 aliphatic rings. The maximum Gasteiger partial charge on any atom is 0.231 e. The van der Waals surface area contributed by atoms with E-state index in [1.54, 1.807) is 25.3 Å². The zero-order valence-corrected chi connectivity index (χ0v) is 14.6. The van der Waals surface area contributed by atoms with Crippen LogP contribution in [-0.4, -0.2) is 19.5 Å². The number of hydrogen-bond acceptors (Lipinski definition) is 4. The van der Waals surface area contributed by atoms with E-state index in [1.807, 2.05) is 38.1 Å². The van der Waals surface area contributed by atoms with Crippen LogP contribution in [0.15, 0.2) is 48.7 Å². The van der Waals surface area contributed by atoms with Crippen LogP contribution in [0.3, 0.4) is 0 Å². The van der Waals surface area contributed by atoms with Crippen LogP contribution in [0.4, 0.5) is 0 Å². The van der Waals surface area contributed by atoms with Gasteiger partial charge in [-0.25, -0.2) is 0 Å². The zero-order chi connectivity index (χ0) is 18.0. The van der Waals surface area contributed by atoms with Crippen molar-refractivity contribution >= 4 is 11.9 Å². The summed E-state index contributed by atoms with van der Waals surface area (Å²) in [6, 6.07) is 9.23. The van der Waals surface area contributed by atoms with Gasteiger partial charge in [-0.05, 0) is 60.9 Å². The molecule has 0 saturated heterocycles. The van der Waals surface area contributed by atoms with Crippen LogP contribution in [0.2, 0.25) is 0 Å². The van der Waals surface area contributed by atoms with Crippen LogP contribution in [0.1, 0.15) is 27.0 Å². The Balaban J connectivity index is 1.91. The Hall–Kier alpha value is -3.01. The first-order valence-electron chi connectivity index (χ1n) is 8.00. The van der Waals surface area contributed by atoms with Crippen LogP contribution in [0.5, 0.6) is 17.2 Å². The largest absolute Gasteiger partial charge is 0.493 e. The number of carbonyl (C=O) groups excluding carboxylic acids is 1. The number of allylic oxidation sites excluding steroid dienone is 1. The minimum Gasteiger partial charge on any atom is -0.493 e. The van der Waals surface area contributed by atoms with Gasteiger partial charge in [-0.1, -0.05) is 18.7 Å². The van der Waals surface area contributed by atoms with Gasteiger partial charge in [0.1, 0.15) is 12.4 Å². The van der Waals surface area contributed by atoms with Gasteiger partial charge in [-0.2, -0.15) is 0 Å². The zero-order valence-electron chi connectivity index (χ0n) is 14.6. The number of aryl methyl sites for hydroxylation is 2. The predicted molar refractivity (Wildman–Crippen MR) is 97.5 cm³/mol. The molecule has 0 N–H and O–H groups in total. The lowest BCUT2D eigenvalue weighted by atomic mass is 10.0. The Labute approximate surface area is 147 Å². The number of Topliss-reactive ketones (excluding diaryl/α,β-unsaturated/α-hetero) is 1. The highest BCUT2D eigenvalue weighted by Crippen LogP contribution is 2.35. The monoisotopic (exact) mass is 336 g/mol. The number of carbonyl (C=O) groups is 1. The molecule has 0 radical (unpaired) electrons. The number of methoxy groups -OCH3 is 1. The Morgan fingerprint density at radius 3 is 2.60 bits per heavy atom. The molecule has 0 atom stereocenters. The molecule has 0 fully saturated rings. The van der Waals surface area contributed by atoms with Gasteiger partial charge in [0.25, 0.3) is 0 Å². The molecule has 0 saturated carbocycles. The third-order valence-corrected chi connectivity index (χ3v) is 4.13. The Morgan fingerprint density at radius 1 is 1.12 bits per heavy atom. The fourth-order valence-corrected chi connectivity index (χ4v) is 2.64. The van der Waals surface area contributed by atoms with E-state index in [0.717, 1.165) is 16.7 Å². The fraction of sp³-hybridized carbons (Fsp3) is 0.190. The summed E-state index contributed by atoms with van der Waals surface area (Å²) in [6.07, 6.45) is 3.38. The van der Waals surface area contributed by atoms with Gasteiger partial charge < -0.3 is 14.2 Å². The quantitative estimate of drug-likeness (QED) is 0.596. The van der Waals surface area contributed by atoms with Crippen molar-refractivity contribution in [1.29, 1.82) is 0 Å². The fourth-order valence-electron chi connectivity index (χ4n) is 2.64. The molecule has 128 valence electrons. The van der Waals surface area contributed by atoms with E-state index in [1.165, 1.54) is 0 Å². The molecule has 0 aromatic heterocycles. The van der Waals surface area contributed by atoms with Gasteiger partial charge in [-0.3, -0.25) is 4.79 Å². The van der Waals surface area contributed by atoms with Crippen LogP contribution < -0.4 is 14.2 Å². The number of benzene rings is 2. The molecule has 0 spiro atoms. The summed E-state index contributed by atoms with van der Waals surface area (Å²) in [5.74, 6) is 2.02. The van der Waals surface area contributed by atoms with E-state index < -0.39 is 0 Å². The van der Waals surface area contributed by atoms with E-state index in [0.29, 0.717) is 35.2 Å². The van der Waals surface area contributed by atoms with Crippen molar-refractivity contribution in [2.75, 3.05) is 13.7 Å². The van der Waals surface area contributed by atoms with Crippen molar-refractivity contribution in [3.05, 3.63) is 71.0 Å². The molecule has 0 aliphatic carbocycles. The molecule has 1 aliphatic heterocycles. The topological polar surface area (TPSA) is 44.8 Å². The highest BCUT2D eigenvalue weighted by atomic mass is 16.5. The summed E-state index contributed by atoms with van der Waals surface area (Å²) in [5, 5.41) is 0. The summed E-state index contributed by atoms with van der Waals surface area (Å²) >= 11 is 0. The smallest absolute Gasteiger partial charge is 0.231 e. The number of ether oxygens (including phenoxy) is 3. The van der Waals surface area contributed by atoms with Gasteiger partial charge in [0.05, 0.1) is 12.7 Å². The van der Waals surface area contributed by atoms with E-state index in [9.17, 15) is 4.79 Å². The first-order chi connectivity index (χ1) is 12.0. The van der Waals surface area contributed by atoms with Gasteiger partial charge in [0, 0.05) is 0 Å². The SMILES string of the molecule is C=CCOc1ccc(/C=C2\Oc3cc(C)c(C)cc3C2=O)cc1OC. The second-order valence-corrected chi connectivity index (χ2v) is 5.88. The van der Waals surface area contributed by atoms with Crippen molar-refractivity contribution in [3.63, 3.8) is 0 Å². The Kier molecular flexibility index (Phi) is 4.61. The Bertz CT molecular complexity index is 878. The van der Waals surface area contributed by atoms with Crippen LogP contribution >= 0.6 is 0 Å². The van der Waals surface area contributed by atoms with Gasteiger partial charge in [0.15, 0.2) is 17.3 Å². The number of fused-ring (bicyclic) bond motifs is 1. The van der Waals surface area contributed by atoms with Gasteiger partial charge in [0.2, 0.25) is 5.78 Å². The van der Waals surface area contributed by atoms with Gasteiger partial charge in [-0.15, -0.1) is 0 Å². The van der Waals surface area contributed by atoms with Crippen molar-refractivity contribution < 1.29 is 19.0 Å². The first-order valence-corrected chi connectivity index (χ1v) is 8.00.